The van der Waals surface area contributed by atoms with Crippen molar-refractivity contribution in [1.82, 2.24) is 5.32 Å². The molecule has 0 saturated carbocycles. The molecule has 0 spiro atoms. The Morgan fingerprint density at radius 2 is 2.00 bits per heavy atom. The predicted octanol–water partition coefficient (Wildman–Crippen LogP) is 1.92. The van der Waals surface area contributed by atoms with Gasteiger partial charge in [-0.15, -0.1) is 0 Å². The first-order valence-electron chi connectivity index (χ1n) is 6.81. The largest absolute Gasteiger partial charge is 0.466 e. The first-order valence-corrected chi connectivity index (χ1v) is 6.81. The number of amides is 1. The Bertz CT molecular complexity index is 329. The second-order valence-electron chi connectivity index (χ2n) is 4.58. The zero-order valence-corrected chi connectivity index (χ0v) is 11.3. The summed E-state index contributed by atoms with van der Waals surface area (Å²) in [6.07, 6.45) is 5.06. The number of cyclic esters (lactones) is 2. The van der Waals surface area contributed by atoms with Crippen LogP contribution in [0.4, 0.5) is 4.79 Å². The molecule has 0 bridgehead atoms. The van der Waals surface area contributed by atoms with E-state index >= 15 is 0 Å². The minimum Gasteiger partial charge on any atom is -0.466 e. The molecule has 1 amide bonds. The molecule has 0 aliphatic carbocycles. The lowest BCUT2D eigenvalue weighted by atomic mass is 10.1. The summed E-state index contributed by atoms with van der Waals surface area (Å²) in [5.74, 6) is -0.971. The van der Waals surface area contributed by atoms with E-state index in [0.717, 1.165) is 19.3 Å². The predicted molar refractivity (Wildman–Crippen MR) is 67.4 cm³/mol. The van der Waals surface area contributed by atoms with Crippen molar-refractivity contribution in [3.05, 3.63) is 0 Å². The van der Waals surface area contributed by atoms with E-state index in [1.54, 1.807) is 0 Å². The summed E-state index contributed by atoms with van der Waals surface area (Å²) in [7, 11) is 0. The standard InChI is InChI=1S/C13H21NO5/c1-2-3-4-5-6-9-18-11(15)8-7-10-12(16)19-13(17)14-10/h10H,2-9H2,1H3,(H,14,17). The highest BCUT2D eigenvalue weighted by atomic mass is 16.6. The van der Waals surface area contributed by atoms with Crippen LogP contribution in [0, 0.1) is 0 Å². The molecule has 108 valence electrons. The smallest absolute Gasteiger partial charge is 0.415 e. The van der Waals surface area contributed by atoms with Gasteiger partial charge in [0.2, 0.25) is 0 Å². The molecule has 1 fully saturated rings. The number of hydrogen-bond donors (Lipinski definition) is 1. The zero-order valence-electron chi connectivity index (χ0n) is 11.3. The maximum Gasteiger partial charge on any atom is 0.415 e. The number of ether oxygens (including phenoxy) is 2. The normalized spacial score (nSPS) is 18.1. The van der Waals surface area contributed by atoms with Crippen LogP contribution in [-0.2, 0) is 19.1 Å². The van der Waals surface area contributed by atoms with Gasteiger partial charge in [-0.3, -0.25) is 4.79 Å². The highest BCUT2D eigenvalue weighted by Crippen LogP contribution is 2.08. The van der Waals surface area contributed by atoms with Crippen LogP contribution in [0.1, 0.15) is 51.9 Å². The van der Waals surface area contributed by atoms with Gasteiger partial charge in [0.05, 0.1) is 6.61 Å². The lowest BCUT2D eigenvalue weighted by molar-refractivity contribution is -0.144. The van der Waals surface area contributed by atoms with Gasteiger partial charge >= 0.3 is 18.0 Å². The Morgan fingerprint density at radius 3 is 2.63 bits per heavy atom. The van der Waals surface area contributed by atoms with Crippen LogP contribution in [0.3, 0.4) is 0 Å². The summed E-state index contributed by atoms with van der Waals surface area (Å²) in [4.78, 5) is 33.2. The number of alkyl carbamates (subject to hydrolysis) is 1. The van der Waals surface area contributed by atoms with E-state index in [1.165, 1.54) is 12.8 Å². The van der Waals surface area contributed by atoms with Crippen LogP contribution in [0.25, 0.3) is 0 Å². The van der Waals surface area contributed by atoms with Crippen molar-refractivity contribution in [3.8, 4) is 0 Å². The fourth-order valence-electron chi connectivity index (χ4n) is 1.81. The summed E-state index contributed by atoms with van der Waals surface area (Å²) in [5.41, 5.74) is 0. The van der Waals surface area contributed by atoms with Crippen LogP contribution in [0.2, 0.25) is 0 Å². The molecule has 6 nitrogen and oxygen atoms in total. The van der Waals surface area contributed by atoms with Gasteiger partial charge in [-0.1, -0.05) is 32.6 Å². The van der Waals surface area contributed by atoms with Gasteiger partial charge in [0.15, 0.2) is 0 Å². The molecule has 0 aromatic carbocycles. The van der Waals surface area contributed by atoms with Crippen molar-refractivity contribution in [3.63, 3.8) is 0 Å². The molecule has 0 aromatic rings. The van der Waals surface area contributed by atoms with Gasteiger partial charge in [0, 0.05) is 6.42 Å². The van der Waals surface area contributed by atoms with E-state index in [-0.39, 0.29) is 18.8 Å². The quantitative estimate of drug-likeness (QED) is 0.393. The summed E-state index contributed by atoms with van der Waals surface area (Å²) in [6.45, 7) is 2.57. The number of nitrogens with one attached hydrogen (secondary N) is 1. The number of carbonyl (C=O) groups excluding carboxylic acids is 3. The van der Waals surface area contributed by atoms with E-state index in [9.17, 15) is 14.4 Å². The Balaban J connectivity index is 2.02. The summed E-state index contributed by atoms with van der Waals surface area (Å²) < 4.78 is 9.34. The van der Waals surface area contributed by atoms with Crippen LogP contribution in [0.5, 0.6) is 0 Å². The van der Waals surface area contributed by atoms with E-state index in [0.29, 0.717) is 6.61 Å². The second-order valence-corrected chi connectivity index (χ2v) is 4.58. The number of rotatable bonds is 9. The first-order chi connectivity index (χ1) is 9.13. The number of carbonyl (C=O) groups is 3. The Hall–Kier alpha value is -1.59. The molecule has 19 heavy (non-hydrogen) atoms. The molecule has 1 aliphatic rings. The fraction of sp³-hybridized carbons (Fsp3) is 0.769. The van der Waals surface area contributed by atoms with Crippen LogP contribution >= 0.6 is 0 Å². The van der Waals surface area contributed by atoms with Gasteiger partial charge in [0.1, 0.15) is 6.04 Å². The zero-order chi connectivity index (χ0) is 14.1. The van der Waals surface area contributed by atoms with Crippen molar-refractivity contribution in [2.45, 2.75) is 57.9 Å². The summed E-state index contributed by atoms with van der Waals surface area (Å²) in [5, 5.41) is 2.33. The van der Waals surface area contributed by atoms with E-state index in [4.69, 9.17) is 4.74 Å². The molecule has 1 atom stereocenters. The number of esters is 2. The molecule has 0 aromatic heterocycles. The minimum atomic E-state index is -0.751. The molecule has 1 saturated heterocycles. The third-order valence-corrected chi connectivity index (χ3v) is 2.92. The molecule has 1 heterocycles. The average molecular weight is 271 g/mol. The maximum atomic E-state index is 11.4. The third-order valence-electron chi connectivity index (χ3n) is 2.92. The number of hydrogen-bond acceptors (Lipinski definition) is 5. The Kier molecular flexibility index (Phi) is 6.92. The lowest BCUT2D eigenvalue weighted by Crippen LogP contribution is -2.29. The highest BCUT2D eigenvalue weighted by Gasteiger charge is 2.32. The fourth-order valence-corrected chi connectivity index (χ4v) is 1.81. The summed E-state index contributed by atoms with van der Waals surface area (Å²) >= 11 is 0. The van der Waals surface area contributed by atoms with E-state index < -0.39 is 18.1 Å². The van der Waals surface area contributed by atoms with Crippen LogP contribution in [0.15, 0.2) is 0 Å². The first kappa shape index (κ1) is 15.5. The SMILES string of the molecule is CCCCCCCOC(=O)CCC1NC(=O)OC1=O. The second kappa shape index (κ2) is 8.50. The van der Waals surface area contributed by atoms with Crippen molar-refractivity contribution in [2.24, 2.45) is 0 Å². The Labute approximate surface area is 112 Å². The van der Waals surface area contributed by atoms with Gasteiger partial charge in [-0.05, 0) is 12.8 Å². The van der Waals surface area contributed by atoms with Crippen LogP contribution < -0.4 is 5.32 Å². The van der Waals surface area contributed by atoms with E-state index in [1.807, 2.05) is 0 Å². The minimum absolute atomic E-state index is 0.106. The van der Waals surface area contributed by atoms with Gasteiger partial charge in [-0.25, -0.2) is 9.59 Å². The third kappa shape index (κ3) is 6.22. The van der Waals surface area contributed by atoms with Crippen molar-refractivity contribution in [2.75, 3.05) is 6.61 Å². The van der Waals surface area contributed by atoms with Gasteiger partial charge in [-0.2, -0.15) is 0 Å². The van der Waals surface area contributed by atoms with Gasteiger partial charge in [0.25, 0.3) is 0 Å². The molecule has 6 heteroatoms. The van der Waals surface area contributed by atoms with Gasteiger partial charge < -0.3 is 14.8 Å². The topological polar surface area (TPSA) is 81.7 Å². The van der Waals surface area contributed by atoms with Crippen molar-refractivity contribution >= 4 is 18.0 Å². The van der Waals surface area contributed by atoms with E-state index in [2.05, 4.69) is 17.0 Å². The lowest BCUT2D eigenvalue weighted by Gasteiger charge is -2.06. The summed E-state index contributed by atoms with van der Waals surface area (Å²) in [6, 6.07) is -0.718. The molecule has 1 N–H and O–H groups in total. The molecule has 0 radical (unpaired) electrons. The number of unbranched alkanes of at least 4 members (excludes halogenated alkanes) is 4. The average Bonchev–Trinajstić information content (AvgIpc) is 2.69. The van der Waals surface area contributed by atoms with Crippen molar-refractivity contribution in [1.29, 1.82) is 0 Å². The van der Waals surface area contributed by atoms with Crippen LogP contribution in [-0.4, -0.2) is 30.7 Å². The highest BCUT2D eigenvalue weighted by molar-refractivity contribution is 5.95. The molecule has 1 rings (SSSR count). The maximum absolute atomic E-state index is 11.4. The Morgan fingerprint density at radius 1 is 1.26 bits per heavy atom. The molecular formula is C13H21NO5. The molecule has 1 aliphatic heterocycles. The monoisotopic (exact) mass is 271 g/mol. The molecular weight excluding hydrogens is 250 g/mol. The molecule has 1 unspecified atom stereocenters. The van der Waals surface area contributed by atoms with Crippen molar-refractivity contribution < 1.29 is 23.9 Å².